The second-order valence-electron chi connectivity index (χ2n) is 7.61. The molecule has 0 bridgehead atoms. The molecule has 0 spiro atoms. The van der Waals surface area contributed by atoms with Crippen LogP contribution in [-0.2, 0) is 9.59 Å². The minimum Gasteiger partial charge on any atom is -0.481 e. The predicted molar refractivity (Wildman–Crippen MR) is 85.3 cm³/mol. The fraction of sp³-hybridized carbons (Fsp3) is 0.556. The van der Waals surface area contributed by atoms with Crippen LogP contribution in [0.1, 0.15) is 52.1 Å². The lowest BCUT2D eigenvalue weighted by molar-refractivity contribution is -0.150. The topological polar surface area (TPSA) is 57.6 Å². The van der Waals surface area contributed by atoms with Crippen molar-refractivity contribution in [3.05, 3.63) is 35.9 Å². The first kappa shape index (κ1) is 16.5. The van der Waals surface area contributed by atoms with Crippen molar-refractivity contribution in [2.75, 3.05) is 6.54 Å². The summed E-state index contributed by atoms with van der Waals surface area (Å²) in [5.41, 5.74) is -0.0731. The Morgan fingerprint density at radius 1 is 1.32 bits per heavy atom. The Kier molecular flexibility index (Phi) is 4.32. The summed E-state index contributed by atoms with van der Waals surface area (Å²) in [4.78, 5) is 26.0. The predicted octanol–water partition coefficient (Wildman–Crippen LogP) is 3.49. The van der Waals surface area contributed by atoms with Gasteiger partial charge in [-0.1, -0.05) is 51.1 Å². The molecule has 0 aromatic heterocycles. The zero-order valence-corrected chi connectivity index (χ0v) is 13.8. The summed E-state index contributed by atoms with van der Waals surface area (Å²) in [6, 6.07) is 9.65. The van der Waals surface area contributed by atoms with Gasteiger partial charge in [0.15, 0.2) is 0 Å². The lowest BCUT2D eigenvalue weighted by Crippen LogP contribution is -2.38. The Morgan fingerprint density at radius 2 is 1.91 bits per heavy atom. The maximum absolute atomic E-state index is 12.5. The summed E-state index contributed by atoms with van der Waals surface area (Å²) >= 11 is 0. The fourth-order valence-electron chi connectivity index (χ4n) is 3.48. The number of nitrogens with zero attached hydrogens (tertiary/aromatic N) is 1. The molecule has 22 heavy (non-hydrogen) atoms. The maximum atomic E-state index is 12.5. The van der Waals surface area contributed by atoms with Crippen molar-refractivity contribution in [3.63, 3.8) is 0 Å². The molecule has 1 N–H and O–H groups in total. The molecule has 0 radical (unpaired) electrons. The zero-order chi connectivity index (χ0) is 16.5. The zero-order valence-electron chi connectivity index (χ0n) is 13.8. The minimum absolute atomic E-state index is 0.0667. The van der Waals surface area contributed by atoms with Crippen LogP contribution in [0.4, 0.5) is 0 Å². The molecule has 1 aromatic carbocycles. The van der Waals surface area contributed by atoms with Crippen molar-refractivity contribution < 1.29 is 14.7 Å². The molecule has 4 nitrogen and oxygen atoms in total. The molecule has 1 saturated heterocycles. The van der Waals surface area contributed by atoms with Gasteiger partial charge in [0.2, 0.25) is 5.91 Å². The second kappa shape index (κ2) is 5.75. The van der Waals surface area contributed by atoms with E-state index in [0.717, 1.165) is 5.56 Å². The van der Waals surface area contributed by atoms with Crippen LogP contribution < -0.4 is 0 Å². The van der Waals surface area contributed by atoms with Crippen LogP contribution in [0.3, 0.4) is 0 Å². The van der Waals surface area contributed by atoms with E-state index in [1.54, 1.807) is 4.90 Å². The molecule has 2 atom stereocenters. The summed E-state index contributed by atoms with van der Waals surface area (Å²) in [7, 11) is 0. The number of carbonyl (C=O) groups excluding carboxylic acids is 1. The molecular formula is C18H25NO3. The minimum atomic E-state index is -0.974. The van der Waals surface area contributed by atoms with Crippen molar-refractivity contribution in [1.29, 1.82) is 0 Å². The van der Waals surface area contributed by atoms with E-state index in [9.17, 15) is 14.7 Å². The lowest BCUT2D eigenvalue weighted by atomic mass is 9.73. The number of benzene rings is 1. The number of rotatable bonds is 4. The van der Waals surface area contributed by atoms with Crippen molar-refractivity contribution >= 4 is 11.9 Å². The molecule has 0 saturated carbocycles. The van der Waals surface area contributed by atoms with Crippen molar-refractivity contribution in [2.45, 2.75) is 46.6 Å². The van der Waals surface area contributed by atoms with Crippen LogP contribution in [-0.4, -0.2) is 28.4 Å². The Labute approximate surface area is 132 Å². The molecule has 1 aromatic rings. The molecular weight excluding hydrogens is 278 g/mol. The van der Waals surface area contributed by atoms with Gasteiger partial charge < -0.3 is 10.0 Å². The maximum Gasteiger partial charge on any atom is 0.311 e. The fourth-order valence-corrected chi connectivity index (χ4v) is 3.48. The third-order valence-corrected chi connectivity index (χ3v) is 4.35. The van der Waals surface area contributed by atoms with Crippen LogP contribution in [0.25, 0.3) is 0 Å². The smallest absolute Gasteiger partial charge is 0.311 e. The number of aliphatic carboxylic acids is 1. The number of carboxylic acids is 1. The highest BCUT2D eigenvalue weighted by molar-refractivity contribution is 5.89. The van der Waals surface area contributed by atoms with Gasteiger partial charge in [-0.15, -0.1) is 0 Å². The summed E-state index contributed by atoms with van der Waals surface area (Å²) in [5.74, 6) is -0.929. The standard InChI is InChI=1S/C18H25NO3/c1-13(14-8-6-5-7-9-14)19-12-18(16(21)22,10-15(19)20)11-17(2,3)4/h5-9,13H,10-12H2,1-4H3,(H,21,22)/t13-,18-/m1/s1. The van der Waals surface area contributed by atoms with Gasteiger partial charge in [-0.25, -0.2) is 0 Å². The molecule has 1 aliphatic rings. The third-order valence-electron chi connectivity index (χ3n) is 4.35. The van der Waals surface area contributed by atoms with Gasteiger partial charge in [0, 0.05) is 13.0 Å². The number of amides is 1. The van der Waals surface area contributed by atoms with E-state index in [0.29, 0.717) is 6.42 Å². The molecule has 0 unspecified atom stereocenters. The normalized spacial score (nSPS) is 23.6. The molecule has 4 heteroatoms. The summed E-state index contributed by atoms with van der Waals surface area (Å²) in [6.07, 6.45) is 0.593. The second-order valence-corrected chi connectivity index (χ2v) is 7.61. The van der Waals surface area contributed by atoms with Gasteiger partial charge in [0.25, 0.3) is 0 Å². The monoisotopic (exact) mass is 303 g/mol. The molecule has 120 valence electrons. The summed E-state index contributed by atoms with van der Waals surface area (Å²) in [5, 5.41) is 9.74. The van der Waals surface area contributed by atoms with E-state index in [1.165, 1.54) is 0 Å². The molecule has 1 fully saturated rings. The van der Waals surface area contributed by atoms with Gasteiger partial charge in [0.05, 0.1) is 11.5 Å². The van der Waals surface area contributed by atoms with Crippen LogP contribution in [0.2, 0.25) is 0 Å². The first-order chi connectivity index (χ1) is 10.1. The number of likely N-dealkylation sites (tertiary alicyclic amines) is 1. The van der Waals surface area contributed by atoms with E-state index in [2.05, 4.69) is 0 Å². The molecule has 0 aliphatic carbocycles. The van der Waals surface area contributed by atoms with Crippen LogP contribution in [0.15, 0.2) is 30.3 Å². The van der Waals surface area contributed by atoms with Gasteiger partial charge >= 0.3 is 5.97 Å². The number of carbonyl (C=O) groups is 2. The Hall–Kier alpha value is -1.84. The average molecular weight is 303 g/mol. The van der Waals surface area contributed by atoms with E-state index < -0.39 is 11.4 Å². The average Bonchev–Trinajstić information content (AvgIpc) is 2.75. The lowest BCUT2D eigenvalue weighted by Gasteiger charge is -2.32. The number of hydrogen-bond acceptors (Lipinski definition) is 2. The Bertz CT molecular complexity index is 561. The highest BCUT2D eigenvalue weighted by atomic mass is 16.4. The van der Waals surface area contributed by atoms with Gasteiger partial charge in [-0.3, -0.25) is 9.59 Å². The summed E-state index contributed by atoms with van der Waals surface area (Å²) < 4.78 is 0. The largest absolute Gasteiger partial charge is 0.481 e. The van der Waals surface area contributed by atoms with E-state index in [1.807, 2.05) is 58.0 Å². The van der Waals surface area contributed by atoms with Gasteiger partial charge in [0.1, 0.15) is 0 Å². The first-order valence-electron chi connectivity index (χ1n) is 7.72. The third kappa shape index (κ3) is 3.32. The van der Waals surface area contributed by atoms with Crippen molar-refractivity contribution in [2.24, 2.45) is 10.8 Å². The number of hydrogen-bond donors (Lipinski definition) is 1. The van der Waals surface area contributed by atoms with Crippen LogP contribution in [0.5, 0.6) is 0 Å². The SMILES string of the molecule is C[C@H](c1ccccc1)N1C[C@@](CC(C)(C)C)(C(=O)O)CC1=O. The number of carboxylic acid groups (broad SMARTS) is 1. The first-order valence-corrected chi connectivity index (χ1v) is 7.72. The summed E-state index contributed by atoms with van der Waals surface area (Å²) in [6.45, 7) is 8.30. The van der Waals surface area contributed by atoms with E-state index in [-0.39, 0.29) is 30.3 Å². The molecule has 1 aliphatic heterocycles. The van der Waals surface area contributed by atoms with E-state index in [4.69, 9.17) is 0 Å². The van der Waals surface area contributed by atoms with Gasteiger partial charge in [-0.2, -0.15) is 0 Å². The van der Waals surface area contributed by atoms with Crippen LogP contribution in [0, 0.1) is 10.8 Å². The Balaban J connectivity index is 2.26. The van der Waals surface area contributed by atoms with Crippen molar-refractivity contribution in [1.82, 2.24) is 4.90 Å². The molecule has 2 rings (SSSR count). The van der Waals surface area contributed by atoms with Crippen molar-refractivity contribution in [3.8, 4) is 0 Å². The molecule has 1 amide bonds. The van der Waals surface area contributed by atoms with E-state index >= 15 is 0 Å². The van der Waals surface area contributed by atoms with Gasteiger partial charge in [-0.05, 0) is 24.3 Å². The molecule has 1 heterocycles. The quantitative estimate of drug-likeness (QED) is 0.926. The Morgan fingerprint density at radius 3 is 2.41 bits per heavy atom. The van der Waals surface area contributed by atoms with Crippen LogP contribution >= 0.6 is 0 Å². The highest BCUT2D eigenvalue weighted by Gasteiger charge is 2.51. The highest BCUT2D eigenvalue weighted by Crippen LogP contribution is 2.44.